The zero-order valence-corrected chi connectivity index (χ0v) is 9.74. The SMILES string of the molecule is CCCCOC=O.C[C@H]1C[C@H](O)CCN1. The number of ether oxygens (including phenoxy) is 1. The number of hydrogen-bond donors (Lipinski definition) is 2. The number of rotatable bonds is 4. The Bertz CT molecular complexity index is 145. The van der Waals surface area contributed by atoms with Gasteiger partial charge in [0.1, 0.15) is 0 Å². The van der Waals surface area contributed by atoms with Crippen molar-refractivity contribution in [3.05, 3.63) is 0 Å². The Hall–Kier alpha value is -0.610. The van der Waals surface area contributed by atoms with Gasteiger partial charge in [0, 0.05) is 6.04 Å². The highest BCUT2D eigenvalue weighted by Gasteiger charge is 2.14. The molecule has 0 aliphatic carbocycles. The van der Waals surface area contributed by atoms with Crippen LogP contribution in [0.4, 0.5) is 0 Å². The van der Waals surface area contributed by atoms with Gasteiger partial charge in [0.05, 0.1) is 12.7 Å². The van der Waals surface area contributed by atoms with E-state index >= 15 is 0 Å². The second-order valence-electron chi connectivity index (χ2n) is 3.85. The van der Waals surface area contributed by atoms with E-state index in [1.54, 1.807) is 0 Å². The predicted molar refractivity (Wildman–Crippen MR) is 59.6 cm³/mol. The molecule has 90 valence electrons. The number of aliphatic hydroxyl groups is 1. The number of unbranched alkanes of at least 4 members (excludes halogenated alkanes) is 1. The van der Waals surface area contributed by atoms with E-state index in [0.29, 0.717) is 19.1 Å². The van der Waals surface area contributed by atoms with Gasteiger partial charge >= 0.3 is 0 Å². The number of nitrogens with one attached hydrogen (secondary N) is 1. The van der Waals surface area contributed by atoms with Crippen LogP contribution in [0.2, 0.25) is 0 Å². The smallest absolute Gasteiger partial charge is 0.293 e. The first-order valence-electron chi connectivity index (χ1n) is 5.67. The maximum Gasteiger partial charge on any atom is 0.293 e. The molecule has 4 heteroatoms. The van der Waals surface area contributed by atoms with Gasteiger partial charge in [-0.1, -0.05) is 13.3 Å². The fourth-order valence-electron chi connectivity index (χ4n) is 1.38. The zero-order valence-electron chi connectivity index (χ0n) is 9.74. The molecule has 0 aromatic carbocycles. The molecule has 0 bridgehead atoms. The van der Waals surface area contributed by atoms with E-state index in [1.807, 2.05) is 6.92 Å². The summed E-state index contributed by atoms with van der Waals surface area (Å²) in [5.74, 6) is 0. The first-order chi connectivity index (χ1) is 7.20. The average Bonchev–Trinajstić information content (AvgIpc) is 2.19. The molecule has 1 heterocycles. The van der Waals surface area contributed by atoms with Crippen molar-refractivity contribution in [1.29, 1.82) is 0 Å². The van der Waals surface area contributed by atoms with Gasteiger partial charge in [0.2, 0.25) is 0 Å². The highest BCUT2D eigenvalue weighted by atomic mass is 16.5. The first-order valence-corrected chi connectivity index (χ1v) is 5.67. The van der Waals surface area contributed by atoms with E-state index < -0.39 is 0 Å². The number of carbonyl (C=O) groups is 1. The lowest BCUT2D eigenvalue weighted by Crippen LogP contribution is -2.37. The molecular formula is C11H23NO3. The van der Waals surface area contributed by atoms with E-state index in [9.17, 15) is 4.79 Å². The molecule has 2 N–H and O–H groups in total. The highest BCUT2D eigenvalue weighted by molar-refractivity contribution is 5.36. The largest absolute Gasteiger partial charge is 0.468 e. The van der Waals surface area contributed by atoms with E-state index in [-0.39, 0.29) is 6.10 Å². The van der Waals surface area contributed by atoms with Crippen LogP contribution in [-0.4, -0.2) is 36.9 Å². The summed E-state index contributed by atoms with van der Waals surface area (Å²) in [6, 6.07) is 0.513. The fraction of sp³-hybridized carbons (Fsp3) is 0.909. The van der Waals surface area contributed by atoms with E-state index in [2.05, 4.69) is 17.0 Å². The quantitative estimate of drug-likeness (QED) is 0.546. The van der Waals surface area contributed by atoms with Crippen molar-refractivity contribution < 1.29 is 14.6 Å². The van der Waals surface area contributed by atoms with Crippen molar-refractivity contribution in [1.82, 2.24) is 5.32 Å². The van der Waals surface area contributed by atoms with Gasteiger partial charge in [-0.2, -0.15) is 0 Å². The molecule has 1 fully saturated rings. The fourth-order valence-corrected chi connectivity index (χ4v) is 1.38. The minimum atomic E-state index is -0.0498. The summed E-state index contributed by atoms with van der Waals surface area (Å²) in [4.78, 5) is 9.46. The average molecular weight is 217 g/mol. The molecule has 4 nitrogen and oxygen atoms in total. The van der Waals surface area contributed by atoms with Crippen LogP contribution in [0.25, 0.3) is 0 Å². The summed E-state index contributed by atoms with van der Waals surface area (Å²) < 4.78 is 4.39. The second kappa shape index (κ2) is 9.93. The van der Waals surface area contributed by atoms with Crippen molar-refractivity contribution in [2.45, 2.75) is 51.7 Å². The highest BCUT2D eigenvalue weighted by Crippen LogP contribution is 2.06. The Labute approximate surface area is 92.0 Å². The van der Waals surface area contributed by atoms with Gasteiger partial charge in [-0.3, -0.25) is 4.79 Å². The number of carbonyl (C=O) groups excluding carboxylic acids is 1. The van der Waals surface area contributed by atoms with E-state index in [0.717, 1.165) is 32.2 Å². The van der Waals surface area contributed by atoms with Crippen molar-refractivity contribution in [2.75, 3.05) is 13.2 Å². The van der Waals surface area contributed by atoms with Crippen molar-refractivity contribution >= 4 is 6.47 Å². The van der Waals surface area contributed by atoms with Gasteiger partial charge in [0.25, 0.3) is 6.47 Å². The third-order valence-electron chi connectivity index (χ3n) is 2.28. The lowest BCUT2D eigenvalue weighted by atomic mass is 10.0. The Morgan fingerprint density at radius 3 is 2.73 bits per heavy atom. The lowest BCUT2D eigenvalue weighted by molar-refractivity contribution is -0.128. The Morgan fingerprint density at radius 1 is 1.60 bits per heavy atom. The summed E-state index contributed by atoms with van der Waals surface area (Å²) >= 11 is 0. The number of piperidine rings is 1. The molecule has 0 amide bonds. The molecule has 2 atom stereocenters. The van der Waals surface area contributed by atoms with Crippen molar-refractivity contribution in [3.8, 4) is 0 Å². The molecule has 1 aliphatic heterocycles. The number of aliphatic hydroxyl groups excluding tert-OH is 1. The maximum absolute atomic E-state index is 9.46. The van der Waals surface area contributed by atoms with Crippen molar-refractivity contribution in [2.24, 2.45) is 0 Å². The molecule has 1 saturated heterocycles. The predicted octanol–water partition coefficient (Wildman–Crippen LogP) is 1.08. The molecule has 1 rings (SSSR count). The summed E-state index contributed by atoms with van der Waals surface area (Å²) in [5, 5.41) is 12.3. The van der Waals surface area contributed by atoms with Gasteiger partial charge in [-0.25, -0.2) is 0 Å². The third-order valence-corrected chi connectivity index (χ3v) is 2.28. The van der Waals surface area contributed by atoms with E-state index in [1.165, 1.54) is 0 Å². The molecule has 0 aromatic rings. The minimum absolute atomic E-state index is 0.0498. The van der Waals surface area contributed by atoms with Crippen LogP contribution in [0.15, 0.2) is 0 Å². The summed E-state index contributed by atoms with van der Waals surface area (Å²) in [6.45, 7) is 6.18. The van der Waals surface area contributed by atoms with Crippen LogP contribution < -0.4 is 5.32 Å². The minimum Gasteiger partial charge on any atom is -0.468 e. The molecule has 0 saturated carbocycles. The zero-order chi connectivity index (χ0) is 11.5. The lowest BCUT2D eigenvalue weighted by Gasteiger charge is -2.23. The standard InChI is InChI=1S/C6H13NO.C5H10O2/c1-5-4-6(8)2-3-7-5;1-2-3-4-7-5-6/h5-8H,2-4H2,1H3;5H,2-4H2,1H3/t5-,6+;/m0./s1. The molecule has 0 aromatic heterocycles. The Morgan fingerprint density at radius 2 is 2.33 bits per heavy atom. The summed E-state index contributed by atoms with van der Waals surface area (Å²) in [7, 11) is 0. The van der Waals surface area contributed by atoms with Crippen LogP contribution in [0.1, 0.15) is 39.5 Å². The molecule has 15 heavy (non-hydrogen) atoms. The topological polar surface area (TPSA) is 58.6 Å². The van der Waals surface area contributed by atoms with Gasteiger partial charge in [-0.05, 0) is 32.7 Å². The van der Waals surface area contributed by atoms with E-state index in [4.69, 9.17) is 5.11 Å². The molecule has 1 aliphatic rings. The van der Waals surface area contributed by atoms with Gasteiger partial charge in [0.15, 0.2) is 0 Å². The Kier molecular flexibility index (Phi) is 9.52. The van der Waals surface area contributed by atoms with Crippen LogP contribution in [0.5, 0.6) is 0 Å². The monoisotopic (exact) mass is 217 g/mol. The van der Waals surface area contributed by atoms with Crippen LogP contribution in [0, 0.1) is 0 Å². The second-order valence-corrected chi connectivity index (χ2v) is 3.85. The third kappa shape index (κ3) is 9.69. The van der Waals surface area contributed by atoms with Crippen LogP contribution >= 0.6 is 0 Å². The maximum atomic E-state index is 9.46. The van der Waals surface area contributed by atoms with Gasteiger partial charge < -0.3 is 15.2 Å². The summed E-state index contributed by atoms with van der Waals surface area (Å²) in [5.41, 5.74) is 0. The number of hydrogen-bond acceptors (Lipinski definition) is 4. The molecule has 0 spiro atoms. The molecular weight excluding hydrogens is 194 g/mol. The van der Waals surface area contributed by atoms with Crippen LogP contribution in [0.3, 0.4) is 0 Å². The normalized spacial score (nSPS) is 25.0. The van der Waals surface area contributed by atoms with Crippen molar-refractivity contribution in [3.63, 3.8) is 0 Å². The van der Waals surface area contributed by atoms with Gasteiger partial charge in [-0.15, -0.1) is 0 Å². The van der Waals surface area contributed by atoms with Crippen LogP contribution in [-0.2, 0) is 9.53 Å². The summed E-state index contributed by atoms with van der Waals surface area (Å²) in [6.07, 6.45) is 3.84. The molecule has 0 radical (unpaired) electrons. The first kappa shape index (κ1) is 14.4. The molecule has 0 unspecified atom stereocenters. The Balaban J connectivity index is 0.000000265.